The van der Waals surface area contributed by atoms with E-state index in [1.54, 1.807) is 0 Å². The maximum atomic E-state index is 11.1. The zero-order valence-corrected chi connectivity index (χ0v) is 6.82. The van der Waals surface area contributed by atoms with Gasteiger partial charge in [-0.15, -0.1) is 0 Å². The van der Waals surface area contributed by atoms with Crippen molar-refractivity contribution in [3.05, 3.63) is 0 Å². The van der Waals surface area contributed by atoms with Gasteiger partial charge >= 0.3 is 0 Å². The minimum absolute atomic E-state index is 0.267. The first-order valence-electron chi connectivity index (χ1n) is 3.65. The lowest BCUT2D eigenvalue weighted by Gasteiger charge is -2.18. The van der Waals surface area contributed by atoms with Crippen LogP contribution in [0.15, 0.2) is 0 Å². The molecule has 0 radical (unpaired) electrons. The van der Waals surface area contributed by atoms with Gasteiger partial charge in [-0.25, -0.2) is 0 Å². The first-order valence-corrected chi connectivity index (χ1v) is 4.80. The predicted molar refractivity (Wildman–Crippen MR) is 44.1 cm³/mol. The minimum atomic E-state index is 0.267. The van der Waals surface area contributed by atoms with Crippen LogP contribution >= 0.6 is 11.8 Å². The lowest BCUT2D eigenvalue weighted by atomic mass is 10.0. The molecule has 2 nitrogen and oxygen atoms in total. The van der Waals surface area contributed by atoms with E-state index in [-0.39, 0.29) is 5.92 Å². The molecule has 3 heteroatoms. The predicted octanol–water partition coefficient (Wildman–Crippen LogP) is 0.657. The minimum Gasteiger partial charge on any atom is -0.330 e. The van der Waals surface area contributed by atoms with Crippen molar-refractivity contribution in [2.45, 2.75) is 12.8 Å². The largest absolute Gasteiger partial charge is 0.330 e. The van der Waals surface area contributed by atoms with Crippen molar-refractivity contribution in [3.8, 4) is 0 Å². The number of nitrogens with two attached hydrogens (primary N) is 1. The Morgan fingerprint density at radius 1 is 1.70 bits per heavy atom. The molecule has 1 heterocycles. The quantitative estimate of drug-likeness (QED) is 0.643. The molecule has 2 N–H and O–H groups in total. The van der Waals surface area contributed by atoms with Crippen LogP contribution < -0.4 is 5.73 Å². The van der Waals surface area contributed by atoms with Crippen LogP contribution in [-0.4, -0.2) is 23.8 Å². The fraction of sp³-hybridized carbons (Fsp3) is 0.857. The summed E-state index contributed by atoms with van der Waals surface area (Å²) < 4.78 is 0. The highest BCUT2D eigenvalue weighted by atomic mass is 32.2. The smallest absolute Gasteiger partial charge is 0.137 e. The number of Topliss-reactive ketones (excluding diaryl/α,β-unsaturated/α-hetero) is 1. The molecule has 0 aromatic heterocycles. The summed E-state index contributed by atoms with van der Waals surface area (Å²) in [5, 5.41) is 0. The molecule has 0 aromatic carbocycles. The second-order valence-corrected chi connectivity index (χ2v) is 3.72. The van der Waals surface area contributed by atoms with E-state index < -0.39 is 0 Å². The highest BCUT2D eigenvalue weighted by Crippen LogP contribution is 2.21. The molecule has 1 atom stereocenters. The number of carbonyl (C=O) groups is 1. The third kappa shape index (κ3) is 1.99. The Morgan fingerprint density at radius 2 is 2.50 bits per heavy atom. The lowest BCUT2D eigenvalue weighted by Crippen LogP contribution is -2.24. The van der Waals surface area contributed by atoms with Gasteiger partial charge in [-0.2, -0.15) is 11.8 Å². The summed E-state index contributed by atoms with van der Waals surface area (Å²) in [4.78, 5) is 11.1. The Bertz CT molecular complexity index is 125. The molecule has 1 saturated heterocycles. The maximum Gasteiger partial charge on any atom is 0.137 e. The van der Waals surface area contributed by atoms with E-state index in [4.69, 9.17) is 5.73 Å². The van der Waals surface area contributed by atoms with E-state index >= 15 is 0 Å². The monoisotopic (exact) mass is 159 g/mol. The average Bonchev–Trinajstić information content (AvgIpc) is 1.94. The van der Waals surface area contributed by atoms with Gasteiger partial charge in [0.1, 0.15) is 5.78 Å². The number of carbonyl (C=O) groups excluding carboxylic acids is 1. The highest BCUT2D eigenvalue weighted by molar-refractivity contribution is 7.99. The molecule has 0 aromatic rings. The summed E-state index contributed by atoms with van der Waals surface area (Å²) >= 11 is 1.87. The van der Waals surface area contributed by atoms with Gasteiger partial charge in [-0.05, 0) is 13.0 Å². The Kier molecular flexibility index (Phi) is 3.22. The van der Waals surface area contributed by atoms with Crippen LogP contribution in [0.1, 0.15) is 12.8 Å². The third-order valence-corrected chi connectivity index (χ3v) is 2.91. The molecule has 1 fully saturated rings. The molecular weight excluding hydrogens is 146 g/mol. The van der Waals surface area contributed by atoms with Crippen molar-refractivity contribution in [1.82, 2.24) is 0 Å². The van der Waals surface area contributed by atoms with Crippen molar-refractivity contribution in [2.75, 3.05) is 18.1 Å². The van der Waals surface area contributed by atoms with Gasteiger partial charge in [-0.1, -0.05) is 0 Å². The zero-order chi connectivity index (χ0) is 7.40. The molecule has 10 heavy (non-hydrogen) atoms. The van der Waals surface area contributed by atoms with E-state index in [0.717, 1.165) is 24.3 Å². The normalized spacial score (nSPS) is 26.9. The van der Waals surface area contributed by atoms with Gasteiger partial charge in [0.25, 0.3) is 0 Å². The van der Waals surface area contributed by atoms with Crippen LogP contribution in [0, 0.1) is 5.92 Å². The Hall–Kier alpha value is -0.0200. The van der Waals surface area contributed by atoms with Crippen LogP contribution in [0.3, 0.4) is 0 Å². The Labute approximate surface area is 65.5 Å². The van der Waals surface area contributed by atoms with Crippen LogP contribution in [0.2, 0.25) is 0 Å². The first kappa shape index (κ1) is 8.08. The fourth-order valence-electron chi connectivity index (χ4n) is 1.14. The van der Waals surface area contributed by atoms with Gasteiger partial charge < -0.3 is 5.73 Å². The highest BCUT2D eigenvalue weighted by Gasteiger charge is 2.20. The molecule has 0 spiro atoms. The Balaban J connectivity index is 2.32. The third-order valence-electron chi connectivity index (χ3n) is 1.78. The van der Waals surface area contributed by atoms with E-state index in [2.05, 4.69) is 0 Å². The van der Waals surface area contributed by atoms with Crippen molar-refractivity contribution in [2.24, 2.45) is 11.7 Å². The number of hydrogen-bond donors (Lipinski definition) is 1. The van der Waals surface area contributed by atoms with Gasteiger partial charge in [-0.3, -0.25) is 4.79 Å². The molecule has 1 rings (SSSR count). The van der Waals surface area contributed by atoms with Crippen LogP contribution in [-0.2, 0) is 4.79 Å². The maximum absolute atomic E-state index is 11.1. The van der Waals surface area contributed by atoms with Crippen LogP contribution in [0.25, 0.3) is 0 Å². The fourth-order valence-corrected chi connectivity index (χ4v) is 2.29. The summed E-state index contributed by atoms with van der Waals surface area (Å²) in [7, 11) is 0. The van der Waals surface area contributed by atoms with Gasteiger partial charge in [0.15, 0.2) is 0 Å². The van der Waals surface area contributed by atoms with Crippen molar-refractivity contribution >= 4 is 17.5 Å². The second-order valence-electron chi connectivity index (χ2n) is 2.57. The molecule has 0 saturated carbocycles. The molecule has 1 aliphatic heterocycles. The van der Waals surface area contributed by atoms with Gasteiger partial charge in [0, 0.05) is 23.8 Å². The molecule has 0 aliphatic carbocycles. The summed E-state index contributed by atoms with van der Waals surface area (Å²) in [5.41, 5.74) is 5.36. The molecule has 58 valence electrons. The summed E-state index contributed by atoms with van der Waals surface area (Å²) in [6, 6.07) is 0. The summed E-state index contributed by atoms with van der Waals surface area (Å²) in [6.07, 6.45) is 1.64. The molecular formula is C7H13NOS. The number of thioether (sulfide) groups is 1. The van der Waals surface area contributed by atoms with E-state index in [1.165, 1.54) is 0 Å². The lowest BCUT2D eigenvalue weighted by molar-refractivity contribution is -0.122. The van der Waals surface area contributed by atoms with E-state index in [0.29, 0.717) is 12.3 Å². The summed E-state index contributed by atoms with van der Waals surface area (Å²) in [5.74, 6) is 2.70. The number of ketones is 1. The molecule has 0 amide bonds. The standard InChI is InChI=1S/C7H13NOS/c8-3-1-6-5-10-4-2-7(6)9/h6H,1-5,8H2. The van der Waals surface area contributed by atoms with Crippen molar-refractivity contribution < 1.29 is 4.79 Å². The van der Waals surface area contributed by atoms with Crippen molar-refractivity contribution in [3.63, 3.8) is 0 Å². The second kappa shape index (κ2) is 3.98. The zero-order valence-electron chi connectivity index (χ0n) is 6.01. The number of hydrogen-bond acceptors (Lipinski definition) is 3. The number of rotatable bonds is 2. The topological polar surface area (TPSA) is 43.1 Å². The molecule has 1 unspecified atom stereocenters. The van der Waals surface area contributed by atoms with E-state index in [1.807, 2.05) is 11.8 Å². The van der Waals surface area contributed by atoms with E-state index in [9.17, 15) is 4.79 Å². The molecule has 1 aliphatic rings. The van der Waals surface area contributed by atoms with Gasteiger partial charge in [0.2, 0.25) is 0 Å². The SMILES string of the molecule is NCCC1CSCCC1=O. The van der Waals surface area contributed by atoms with Gasteiger partial charge in [0.05, 0.1) is 0 Å². The van der Waals surface area contributed by atoms with Crippen LogP contribution in [0.4, 0.5) is 0 Å². The Morgan fingerprint density at radius 3 is 3.10 bits per heavy atom. The first-order chi connectivity index (χ1) is 4.84. The van der Waals surface area contributed by atoms with Crippen LogP contribution in [0.5, 0.6) is 0 Å². The van der Waals surface area contributed by atoms with Crippen molar-refractivity contribution in [1.29, 1.82) is 0 Å². The summed E-state index contributed by atoms with van der Waals surface area (Å²) in [6.45, 7) is 0.650. The molecule has 0 bridgehead atoms. The average molecular weight is 159 g/mol.